The van der Waals surface area contributed by atoms with Crippen molar-refractivity contribution in [2.45, 2.75) is 56.8 Å². The number of carbonyl (C=O) groups is 3. The number of benzene rings is 2. The van der Waals surface area contributed by atoms with E-state index < -0.39 is 0 Å². The largest absolute Gasteiger partial charge is 0.497 e. The molecule has 37 heavy (non-hydrogen) atoms. The summed E-state index contributed by atoms with van der Waals surface area (Å²) in [6.07, 6.45) is 3.82. The van der Waals surface area contributed by atoms with Gasteiger partial charge in [-0.1, -0.05) is 12.5 Å². The summed E-state index contributed by atoms with van der Waals surface area (Å²) in [5.74, 6) is 0.862. The summed E-state index contributed by atoms with van der Waals surface area (Å²) < 4.78 is 17.5. The quantitative estimate of drug-likeness (QED) is 0.615. The highest BCUT2D eigenvalue weighted by Gasteiger charge is 2.39. The molecule has 2 fully saturated rings. The first-order chi connectivity index (χ1) is 17.9. The molecule has 196 valence electrons. The van der Waals surface area contributed by atoms with E-state index in [2.05, 4.69) is 10.6 Å². The lowest BCUT2D eigenvalue weighted by Gasteiger charge is -2.42. The first-order valence-electron chi connectivity index (χ1n) is 12.9. The van der Waals surface area contributed by atoms with Gasteiger partial charge >= 0.3 is 0 Å². The van der Waals surface area contributed by atoms with Crippen LogP contribution >= 0.6 is 0 Å². The summed E-state index contributed by atoms with van der Waals surface area (Å²) >= 11 is 0. The van der Waals surface area contributed by atoms with E-state index in [0.29, 0.717) is 41.3 Å². The highest BCUT2D eigenvalue weighted by atomic mass is 16.5. The van der Waals surface area contributed by atoms with E-state index >= 15 is 0 Å². The average Bonchev–Trinajstić information content (AvgIpc) is 2.85. The summed E-state index contributed by atoms with van der Waals surface area (Å²) in [4.78, 5) is 40.1. The number of ether oxygens (including phenoxy) is 3. The van der Waals surface area contributed by atoms with Crippen molar-refractivity contribution in [2.75, 3.05) is 31.4 Å². The second kappa shape index (κ2) is 10.8. The van der Waals surface area contributed by atoms with Crippen LogP contribution in [0.15, 0.2) is 42.5 Å². The minimum atomic E-state index is -0.358. The maximum atomic E-state index is 13.4. The van der Waals surface area contributed by atoms with Gasteiger partial charge in [0, 0.05) is 30.4 Å². The lowest BCUT2D eigenvalue weighted by Crippen LogP contribution is -2.53. The van der Waals surface area contributed by atoms with Crippen molar-refractivity contribution in [3.05, 3.63) is 48.0 Å². The van der Waals surface area contributed by atoms with Crippen LogP contribution in [-0.4, -0.2) is 61.6 Å². The molecule has 9 nitrogen and oxygen atoms in total. The van der Waals surface area contributed by atoms with E-state index in [4.69, 9.17) is 14.2 Å². The van der Waals surface area contributed by atoms with Crippen molar-refractivity contribution in [3.8, 4) is 11.5 Å². The predicted octanol–water partition coefficient (Wildman–Crippen LogP) is 3.84. The maximum absolute atomic E-state index is 13.4. The summed E-state index contributed by atoms with van der Waals surface area (Å²) in [6, 6.07) is 12.2. The van der Waals surface area contributed by atoms with Gasteiger partial charge in [0.05, 0.1) is 31.2 Å². The fraction of sp³-hybridized carbons (Fsp3) is 0.464. The van der Waals surface area contributed by atoms with Gasteiger partial charge < -0.3 is 29.7 Å². The molecule has 1 aliphatic carbocycles. The van der Waals surface area contributed by atoms with Crippen LogP contribution in [0.3, 0.4) is 0 Å². The Morgan fingerprint density at radius 1 is 1.05 bits per heavy atom. The number of nitrogens with zero attached hydrogens (tertiary/aromatic N) is 1. The van der Waals surface area contributed by atoms with Crippen LogP contribution in [0.25, 0.3) is 0 Å². The minimum absolute atomic E-state index is 0.000918. The Kier molecular flexibility index (Phi) is 7.32. The van der Waals surface area contributed by atoms with Crippen LogP contribution < -0.4 is 20.1 Å². The molecule has 3 amide bonds. The Morgan fingerprint density at radius 2 is 1.86 bits per heavy atom. The summed E-state index contributed by atoms with van der Waals surface area (Å²) in [5, 5.41) is 5.83. The molecule has 3 atom stereocenters. The molecule has 9 heteroatoms. The molecule has 1 saturated carbocycles. The summed E-state index contributed by atoms with van der Waals surface area (Å²) in [7, 11) is 3.35. The molecule has 1 saturated heterocycles. The SMILES string of the molecule is COc1cccc(NC(=O)C[C@H]2CC[C@@H]3[C@H](COc4ccc(NC(=O)C5CCC5)cc4C(=O)N3C)O2)c1. The van der Waals surface area contributed by atoms with Gasteiger partial charge in [0.15, 0.2) is 0 Å². The van der Waals surface area contributed by atoms with E-state index in [-0.39, 0.29) is 54.9 Å². The van der Waals surface area contributed by atoms with Gasteiger partial charge in [-0.15, -0.1) is 0 Å². The van der Waals surface area contributed by atoms with Crippen molar-refractivity contribution >= 4 is 29.1 Å². The number of rotatable bonds is 6. The average molecular weight is 508 g/mol. The second-order valence-electron chi connectivity index (χ2n) is 9.98. The minimum Gasteiger partial charge on any atom is -0.497 e. The van der Waals surface area contributed by atoms with Gasteiger partial charge in [-0.3, -0.25) is 14.4 Å². The smallest absolute Gasteiger partial charge is 0.257 e. The first-order valence-corrected chi connectivity index (χ1v) is 12.9. The third-order valence-corrected chi connectivity index (χ3v) is 7.52. The van der Waals surface area contributed by atoms with E-state index in [9.17, 15) is 14.4 Å². The van der Waals surface area contributed by atoms with Gasteiger partial charge in [0.1, 0.15) is 24.2 Å². The fourth-order valence-corrected chi connectivity index (χ4v) is 5.14. The molecular weight excluding hydrogens is 474 g/mol. The number of nitrogens with one attached hydrogen (secondary N) is 2. The number of carbonyl (C=O) groups excluding carboxylic acids is 3. The third kappa shape index (κ3) is 5.56. The number of hydrogen-bond donors (Lipinski definition) is 2. The van der Waals surface area contributed by atoms with Gasteiger partial charge in [0.25, 0.3) is 5.91 Å². The van der Waals surface area contributed by atoms with Crippen LogP contribution in [0.1, 0.15) is 48.9 Å². The molecule has 2 aromatic carbocycles. The molecule has 0 unspecified atom stereocenters. The Hall–Kier alpha value is -3.59. The van der Waals surface area contributed by atoms with Gasteiger partial charge in [-0.2, -0.15) is 0 Å². The van der Waals surface area contributed by atoms with E-state index in [1.165, 1.54) is 0 Å². The zero-order valence-corrected chi connectivity index (χ0v) is 21.2. The summed E-state index contributed by atoms with van der Waals surface area (Å²) in [5.41, 5.74) is 1.68. The monoisotopic (exact) mass is 507 g/mol. The molecule has 5 rings (SSSR count). The Bertz CT molecular complexity index is 1180. The molecule has 3 aliphatic rings. The molecular formula is C28H33N3O6. The van der Waals surface area contributed by atoms with Crippen LogP contribution in [0.2, 0.25) is 0 Å². The molecule has 2 aliphatic heterocycles. The number of likely N-dealkylation sites (N-methyl/N-ethyl adjacent to an activating group) is 1. The van der Waals surface area contributed by atoms with E-state index in [1.54, 1.807) is 43.3 Å². The molecule has 2 aromatic rings. The van der Waals surface area contributed by atoms with Crippen molar-refractivity contribution in [3.63, 3.8) is 0 Å². The molecule has 2 N–H and O–H groups in total. The standard InChI is InChI=1S/C28H33N3O6/c1-31-23-11-10-21(15-26(32)29-18-7-4-8-20(13-18)35-2)37-25(23)16-36-24-12-9-19(14-22(24)28(31)34)30-27(33)17-5-3-6-17/h4,7-9,12-14,17,21,23,25H,3,5-6,10-11,15-16H2,1-2H3,(H,29,32)(H,30,33)/t21-,23-,25+/m1/s1. The van der Waals surface area contributed by atoms with Gasteiger partial charge in [0.2, 0.25) is 11.8 Å². The van der Waals surface area contributed by atoms with Gasteiger partial charge in [-0.05, 0) is 56.0 Å². The molecule has 0 aromatic heterocycles. The summed E-state index contributed by atoms with van der Waals surface area (Å²) in [6.45, 7) is 0.261. The lowest BCUT2D eigenvalue weighted by atomic mass is 9.85. The number of hydrogen-bond acceptors (Lipinski definition) is 6. The van der Waals surface area contributed by atoms with E-state index in [1.807, 2.05) is 18.2 Å². The Morgan fingerprint density at radius 3 is 2.62 bits per heavy atom. The van der Waals surface area contributed by atoms with E-state index in [0.717, 1.165) is 19.3 Å². The molecule has 0 spiro atoms. The number of amides is 3. The van der Waals surface area contributed by atoms with Crippen molar-refractivity contribution < 1.29 is 28.6 Å². The van der Waals surface area contributed by atoms with Crippen LogP contribution in [-0.2, 0) is 14.3 Å². The topological polar surface area (TPSA) is 106 Å². The Balaban J connectivity index is 1.23. The predicted molar refractivity (Wildman–Crippen MR) is 138 cm³/mol. The van der Waals surface area contributed by atoms with Crippen LogP contribution in [0, 0.1) is 5.92 Å². The van der Waals surface area contributed by atoms with Crippen molar-refractivity contribution in [1.29, 1.82) is 0 Å². The molecule has 0 radical (unpaired) electrons. The first kappa shape index (κ1) is 25.1. The maximum Gasteiger partial charge on any atom is 0.257 e. The highest BCUT2D eigenvalue weighted by molar-refractivity contribution is 6.00. The van der Waals surface area contributed by atoms with Crippen molar-refractivity contribution in [2.24, 2.45) is 5.92 Å². The van der Waals surface area contributed by atoms with Crippen LogP contribution in [0.5, 0.6) is 11.5 Å². The van der Waals surface area contributed by atoms with Crippen LogP contribution in [0.4, 0.5) is 11.4 Å². The van der Waals surface area contributed by atoms with Crippen molar-refractivity contribution in [1.82, 2.24) is 4.90 Å². The zero-order valence-electron chi connectivity index (χ0n) is 21.2. The molecule has 0 bridgehead atoms. The second-order valence-corrected chi connectivity index (χ2v) is 9.98. The normalized spacial score (nSPS) is 23.4. The number of methoxy groups -OCH3 is 1. The number of anilines is 2. The highest BCUT2D eigenvalue weighted by Crippen LogP contribution is 2.33. The zero-order chi connectivity index (χ0) is 25.9. The van der Waals surface area contributed by atoms with Gasteiger partial charge in [-0.25, -0.2) is 0 Å². The number of fused-ring (bicyclic) bond motifs is 2. The Labute approximate surface area is 216 Å². The molecule has 2 heterocycles. The lowest BCUT2D eigenvalue weighted by molar-refractivity contribution is -0.130. The fourth-order valence-electron chi connectivity index (χ4n) is 5.14. The third-order valence-electron chi connectivity index (χ3n) is 7.52.